The largest absolute Gasteiger partial charge is 0.478 e. The number of aromatic carboxylic acids is 1. The molecule has 0 radical (unpaired) electrons. The quantitative estimate of drug-likeness (QED) is 0.598. The number of thioether (sulfide) groups is 1. The average Bonchev–Trinajstić information content (AvgIpc) is 2.27. The first-order chi connectivity index (χ1) is 8.04. The minimum absolute atomic E-state index is 0.0145. The predicted molar refractivity (Wildman–Crippen MR) is 63.0 cm³/mol. The highest BCUT2D eigenvalue weighted by atomic mass is 32.2. The van der Waals surface area contributed by atoms with Crippen LogP contribution >= 0.6 is 11.8 Å². The van der Waals surface area contributed by atoms with E-state index in [0.717, 1.165) is 11.8 Å². The molecule has 1 rings (SSSR count). The van der Waals surface area contributed by atoms with Gasteiger partial charge in [-0.2, -0.15) is 0 Å². The number of rotatable bonds is 5. The van der Waals surface area contributed by atoms with Gasteiger partial charge in [0.2, 0.25) is 0 Å². The number of ether oxygens (including phenoxy) is 1. The molecule has 0 aliphatic rings. The molecule has 0 aliphatic heterocycles. The molecular formula is C10H12N2O4S. The molecule has 3 N–H and O–H groups in total. The lowest BCUT2D eigenvalue weighted by Crippen LogP contribution is -2.08. The summed E-state index contributed by atoms with van der Waals surface area (Å²) in [6.45, 7) is 1.99. The van der Waals surface area contributed by atoms with Gasteiger partial charge in [-0.15, -0.1) is 0 Å². The Morgan fingerprint density at radius 1 is 1.59 bits per heavy atom. The van der Waals surface area contributed by atoms with Gasteiger partial charge in [0, 0.05) is 0 Å². The third-order valence-corrected chi connectivity index (χ3v) is 2.71. The third-order valence-electron chi connectivity index (χ3n) is 1.73. The number of carbonyl (C=O) groups is 2. The molecule has 0 spiro atoms. The number of nitrogens with two attached hydrogens (primary N) is 1. The maximum Gasteiger partial charge on any atom is 0.338 e. The molecule has 7 heteroatoms. The van der Waals surface area contributed by atoms with Crippen molar-refractivity contribution in [2.45, 2.75) is 11.9 Å². The Hall–Kier alpha value is -1.76. The Labute approximate surface area is 102 Å². The number of anilines is 1. The Morgan fingerprint density at radius 2 is 2.29 bits per heavy atom. The number of carbonyl (C=O) groups excluding carboxylic acids is 1. The Balaban J connectivity index is 2.77. The van der Waals surface area contributed by atoms with Gasteiger partial charge in [-0.3, -0.25) is 4.79 Å². The van der Waals surface area contributed by atoms with E-state index in [1.54, 1.807) is 6.92 Å². The minimum Gasteiger partial charge on any atom is -0.478 e. The molecule has 17 heavy (non-hydrogen) atoms. The number of pyridine rings is 1. The van der Waals surface area contributed by atoms with Gasteiger partial charge in [0.05, 0.1) is 29.8 Å². The molecule has 0 bridgehead atoms. The summed E-state index contributed by atoms with van der Waals surface area (Å²) in [5, 5.41) is 9.18. The molecule has 92 valence electrons. The summed E-state index contributed by atoms with van der Waals surface area (Å²) in [6.07, 6.45) is 1.35. The van der Waals surface area contributed by atoms with Gasteiger partial charge in [0.25, 0.3) is 0 Å². The van der Waals surface area contributed by atoms with Gasteiger partial charge in [0.1, 0.15) is 5.03 Å². The van der Waals surface area contributed by atoms with E-state index < -0.39 is 11.9 Å². The van der Waals surface area contributed by atoms with E-state index in [2.05, 4.69) is 4.98 Å². The zero-order chi connectivity index (χ0) is 12.8. The van der Waals surface area contributed by atoms with E-state index in [4.69, 9.17) is 15.6 Å². The van der Waals surface area contributed by atoms with Crippen molar-refractivity contribution in [3.8, 4) is 0 Å². The molecule has 0 aromatic carbocycles. The number of carboxylic acids is 1. The zero-order valence-electron chi connectivity index (χ0n) is 9.17. The fraction of sp³-hybridized carbons (Fsp3) is 0.300. The number of nitrogen functional groups attached to an aromatic ring is 1. The fourth-order valence-electron chi connectivity index (χ4n) is 1.07. The highest BCUT2D eigenvalue weighted by Gasteiger charge is 2.14. The van der Waals surface area contributed by atoms with E-state index >= 15 is 0 Å². The molecule has 0 atom stereocenters. The predicted octanol–water partition coefficient (Wildman–Crippen LogP) is 1.02. The van der Waals surface area contributed by atoms with Crippen molar-refractivity contribution in [1.29, 1.82) is 0 Å². The molecule has 0 saturated carbocycles. The lowest BCUT2D eigenvalue weighted by molar-refractivity contribution is -0.139. The van der Waals surface area contributed by atoms with Crippen LogP contribution in [-0.4, -0.2) is 34.4 Å². The topological polar surface area (TPSA) is 103 Å². The normalized spacial score (nSPS) is 9.94. The Bertz CT molecular complexity index is 436. The molecule has 6 nitrogen and oxygen atoms in total. The molecule has 1 heterocycles. The fourth-order valence-corrected chi connectivity index (χ4v) is 1.83. The minimum atomic E-state index is -1.13. The van der Waals surface area contributed by atoms with Crippen molar-refractivity contribution in [3.05, 3.63) is 17.8 Å². The van der Waals surface area contributed by atoms with Gasteiger partial charge < -0.3 is 15.6 Å². The Morgan fingerprint density at radius 3 is 2.88 bits per heavy atom. The monoisotopic (exact) mass is 256 g/mol. The molecule has 0 fully saturated rings. The van der Waals surface area contributed by atoms with Gasteiger partial charge in [-0.1, -0.05) is 11.8 Å². The van der Waals surface area contributed by atoms with Gasteiger partial charge in [0.15, 0.2) is 0 Å². The Kier molecular flexibility index (Phi) is 4.77. The molecule has 0 aliphatic carbocycles. The SMILES string of the molecule is CCOC(=O)CSc1ncc(N)cc1C(=O)O. The maximum atomic E-state index is 11.1. The van der Waals surface area contributed by atoms with E-state index in [1.807, 2.05) is 0 Å². The summed E-state index contributed by atoms with van der Waals surface area (Å²) in [5.41, 5.74) is 5.69. The number of carboxylic acid groups (broad SMARTS) is 1. The van der Waals surface area contributed by atoms with Crippen LogP contribution in [0.4, 0.5) is 5.69 Å². The standard InChI is InChI=1S/C10H12N2O4S/c1-2-16-8(13)5-17-9-7(10(14)15)3-6(11)4-12-9/h3-4H,2,5,11H2,1H3,(H,14,15). The summed E-state index contributed by atoms with van der Waals surface area (Å²) in [5.74, 6) is -1.52. The molecular weight excluding hydrogens is 244 g/mol. The van der Waals surface area contributed by atoms with Crippen molar-refractivity contribution < 1.29 is 19.4 Å². The second-order valence-electron chi connectivity index (χ2n) is 3.02. The summed E-state index contributed by atoms with van der Waals surface area (Å²) in [4.78, 5) is 25.9. The van der Waals surface area contributed by atoms with Crippen molar-refractivity contribution in [2.75, 3.05) is 18.1 Å². The number of hydrogen-bond acceptors (Lipinski definition) is 6. The van der Waals surface area contributed by atoms with Crippen molar-refractivity contribution in [1.82, 2.24) is 4.98 Å². The summed E-state index contributed by atoms with van der Waals surface area (Å²) >= 11 is 1.01. The van der Waals surface area contributed by atoms with Crippen LogP contribution in [0.5, 0.6) is 0 Å². The summed E-state index contributed by atoms with van der Waals surface area (Å²) in [7, 11) is 0. The van der Waals surface area contributed by atoms with Gasteiger partial charge in [-0.25, -0.2) is 9.78 Å². The van der Waals surface area contributed by atoms with Crippen molar-refractivity contribution in [3.63, 3.8) is 0 Å². The molecule has 1 aromatic rings. The number of nitrogens with zero attached hydrogens (tertiary/aromatic N) is 1. The van der Waals surface area contributed by atoms with E-state index in [9.17, 15) is 9.59 Å². The smallest absolute Gasteiger partial charge is 0.338 e. The number of esters is 1. The number of aromatic nitrogens is 1. The average molecular weight is 256 g/mol. The molecule has 0 unspecified atom stereocenters. The second-order valence-corrected chi connectivity index (χ2v) is 3.98. The lowest BCUT2D eigenvalue weighted by Gasteiger charge is -2.05. The van der Waals surface area contributed by atoms with Crippen LogP contribution in [0.25, 0.3) is 0 Å². The van der Waals surface area contributed by atoms with Crippen LogP contribution in [0.15, 0.2) is 17.3 Å². The lowest BCUT2D eigenvalue weighted by atomic mass is 10.3. The van der Waals surface area contributed by atoms with E-state index in [1.165, 1.54) is 12.3 Å². The first kappa shape index (κ1) is 13.3. The van der Waals surface area contributed by atoms with Crippen LogP contribution in [-0.2, 0) is 9.53 Å². The first-order valence-electron chi connectivity index (χ1n) is 4.81. The highest BCUT2D eigenvalue weighted by Crippen LogP contribution is 2.22. The summed E-state index contributed by atoms with van der Waals surface area (Å²) in [6, 6.07) is 1.31. The highest BCUT2D eigenvalue weighted by molar-refractivity contribution is 8.00. The molecule has 0 amide bonds. The van der Waals surface area contributed by atoms with Crippen LogP contribution in [0.2, 0.25) is 0 Å². The number of hydrogen-bond donors (Lipinski definition) is 2. The summed E-state index contributed by atoms with van der Waals surface area (Å²) < 4.78 is 4.73. The van der Waals surface area contributed by atoms with E-state index in [0.29, 0.717) is 6.61 Å². The van der Waals surface area contributed by atoms with Gasteiger partial charge >= 0.3 is 11.9 Å². The van der Waals surface area contributed by atoms with Gasteiger partial charge in [-0.05, 0) is 13.0 Å². The van der Waals surface area contributed by atoms with Crippen LogP contribution < -0.4 is 5.73 Å². The van der Waals surface area contributed by atoms with Crippen LogP contribution in [0.3, 0.4) is 0 Å². The van der Waals surface area contributed by atoms with Crippen molar-refractivity contribution >= 4 is 29.4 Å². The van der Waals surface area contributed by atoms with E-state index in [-0.39, 0.29) is 22.0 Å². The first-order valence-corrected chi connectivity index (χ1v) is 5.80. The van der Waals surface area contributed by atoms with Crippen LogP contribution in [0, 0.1) is 0 Å². The molecule has 0 saturated heterocycles. The maximum absolute atomic E-state index is 11.1. The second kappa shape index (κ2) is 6.09. The molecule has 1 aromatic heterocycles. The third kappa shape index (κ3) is 3.95. The van der Waals surface area contributed by atoms with Crippen LogP contribution in [0.1, 0.15) is 17.3 Å². The van der Waals surface area contributed by atoms with Crippen molar-refractivity contribution in [2.24, 2.45) is 0 Å². The zero-order valence-corrected chi connectivity index (χ0v) is 9.99.